The van der Waals surface area contributed by atoms with E-state index in [0.29, 0.717) is 11.8 Å². The van der Waals surface area contributed by atoms with Gasteiger partial charge in [0.05, 0.1) is 0 Å². The normalized spacial score (nSPS) is 12.4. The van der Waals surface area contributed by atoms with E-state index in [1.807, 2.05) is 0 Å². The van der Waals surface area contributed by atoms with Crippen LogP contribution in [0.5, 0.6) is 0 Å². The molecule has 0 aliphatic heterocycles. The van der Waals surface area contributed by atoms with E-state index >= 15 is 0 Å². The Bertz CT molecular complexity index is 275. The summed E-state index contributed by atoms with van der Waals surface area (Å²) in [5.74, 6) is 0.0672. The number of nitrogens with one attached hydrogen (secondary N) is 2. The third-order valence-corrected chi connectivity index (χ3v) is 2.91. The summed E-state index contributed by atoms with van der Waals surface area (Å²) in [7, 11) is 0. The zero-order valence-electron chi connectivity index (χ0n) is 8.28. The number of carbonyl (C=O) groups excluding carboxylic acids is 1. The van der Waals surface area contributed by atoms with Crippen LogP contribution < -0.4 is 5.32 Å². The zero-order chi connectivity index (χ0) is 10.4. The average molecular weight is 214 g/mol. The highest BCUT2D eigenvalue weighted by Crippen LogP contribution is 2.07. The Kier molecular flexibility index (Phi) is 4.45. The molecule has 1 aromatic heterocycles. The van der Waals surface area contributed by atoms with Gasteiger partial charge in [-0.1, -0.05) is 6.92 Å². The lowest BCUT2D eigenvalue weighted by Gasteiger charge is -2.07. The van der Waals surface area contributed by atoms with Crippen LogP contribution >= 0.6 is 11.8 Å². The average Bonchev–Trinajstić information content (AvgIpc) is 2.70. The van der Waals surface area contributed by atoms with Crippen LogP contribution in [0, 0.1) is 0 Å². The molecule has 1 aromatic rings. The number of carbonyl (C=O) groups is 1. The van der Waals surface area contributed by atoms with Crippen LogP contribution in [-0.4, -0.2) is 39.1 Å². The summed E-state index contributed by atoms with van der Waals surface area (Å²) in [5, 5.41) is 9.44. The predicted molar refractivity (Wildman–Crippen MR) is 56.3 cm³/mol. The molecule has 0 aliphatic rings. The third-order valence-electron chi connectivity index (χ3n) is 1.87. The molecular formula is C8H14N4OS. The SMILES string of the molecule is CSC(C)CCNC(=O)c1ncn[nH]1. The molecule has 0 aromatic carbocycles. The highest BCUT2D eigenvalue weighted by Gasteiger charge is 2.07. The molecule has 0 fully saturated rings. The molecule has 5 nitrogen and oxygen atoms in total. The van der Waals surface area contributed by atoms with Crippen molar-refractivity contribution < 1.29 is 4.79 Å². The van der Waals surface area contributed by atoms with E-state index in [-0.39, 0.29) is 11.7 Å². The van der Waals surface area contributed by atoms with Gasteiger partial charge in [-0.25, -0.2) is 4.98 Å². The van der Waals surface area contributed by atoms with Crippen molar-refractivity contribution in [3.8, 4) is 0 Å². The largest absolute Gasteiger partial charge is 0.349 e. The maximum absolute atomic E-state index is 11.3. The Morgan fingerprint density at radius 1 is 1.79 bits per heavy atom. The van der Waals surface area contributed by atoms with Gasteiger partial charge in [0.2, 0.25) is 5.82 Å². The predicted octanol–water partition coefficient (Wildman–Crippen LogP) is 0.676. The molecular weight excluding hydrogens is 200 g/mol. The molecule has 0 saturated heterocycles. The number of H-pyrrole nitrogens is 1. The smallest absolute Gasteiger partial charge is 0.288 e. The van der Waals surface area contributed by atoms with Gasteiger partial charge in [-0.05, 0) is 12.7 Å². The molecule has 14 heavy (non-hydrogen) atoms. The molecule has 0 bridgehead atoms. The maximum atomic E-state index is 11.3. The topological polar surface area (TPSA) is 70.7 Å². The molecule has 78 valence electrons. The first kappa shape index (κ1) is 11.0. The summed E-state index contributed by atoms with van der Waals surface area (Å²) in [4.78, 5) is 15.1. The molecule has 0 saturated carbocycles. The summed E-state index contributed by atoms with van der Waals surface area (Å²) in [5.41, 5.74) is 0. The lowest BCUT2D eigenvalue weighted by atomic mass is 10.3. The first-order chi connectivity index (χ1) is 6.74. The van der Waals surface area contributed by atoms with Crippen LogP contribution in [-0.2, 0) is 0 Å². The van der Waals surface area contributed by atoms with Crippen LogP contribution in [0.1, 0.15) is 24.0 Å². The lowest BCUT2D eigenvalue weighted by molar-refractivity contribution is 0.0943. The van der Waals surface area contributed by atoms with Crippen molar-refractivity contribution in [2.75, 3.05) is 12.8 Å². The van der Waals surface area contributed by atoms with E-state index < -0.39 is 0 Å². The summed E-state index contributed by atoms with van der Waals surface area (Å²) < 4.78 is 0. The number of hydrogen-bond donors (Lipinski definition) is 2. The second-order valence-corrected chi connectivity index (χ2v) is 4.20. The van der Waals surface area contributed by atoms with E-state index in [9.17, 15) is 4.79 Å². The lowest BCUT2D eigenvalue weighted by Crippen LogP contribution is -2.26. The van der Waals surface area contributed by atoms with E-state index in [1.54, 1.807) is 11.8 Å². The van der Waals surface area contributed by atoms with Crippen LogP contribution in [0.25, 0.3) is 0 Å². The Labute approximate surface area is 87.1 Å². The minimum Gasteiger partial charge on any atom is -0.349 e. The van der Waals surface area contributed by atoms with Crippen molar-refractivity contribution in [3.05, 3.63) is 12.2 Å². The molecule has 0 radical (unpaired) electrons. The van der Waals surface area contributed by atoms with Gasteiger partial charge >= 0.3 is 0 Å². The summed E-state index contributed by atoms with van der Waals surface area (Å²) >= 11 is 1.79. The number of thioether (sulfide) groups is 1. The van der Waals surface area contributed by atoms with Crippen molar-refractivity contribution >= 4 is 17.7 Å². The van der Waals surface area contributed by atoms with Crippen molar-refractivity contribution in [1.82, 2.24) is 20.5 Å². The fourth-order valence-electron chi connectivity index (χ4n) is 0.905. The van der Waals surface area contributed by atoms with Gasteiger partial charge in [-0.15, -0.1) is 0 Å². The van der Waals surface area contributed by atoms with E-state index in [1.165, 1.54) is 6.33 Å². The van der Waals surface area contributed by atoms with Gasteiger partial charge in [-0.2, -0.15) is 16.9 Å². The Morgan fingerprint density at radius 2 is 2.57 bits per heavy atom. The van der Waals surface area contributed by atoms with Gasteiger partial charge in [0.15, 0.2) is 0 Å². The number of aromatic nitrogens is 3. The van der Waals surface area contributed by atoms with Crippen LogP contribution in [0.3, 0.4) is 0 Å². The van der Waals surface area contributed by atoms with E-state index in [0.717, 1.165) is 6.42 Å². The quantitative estimate of drug-likeness (QED) is 0.756. The molecule has 1 unspecified atom stereocenters. The first-order valence-electron chi connectivity index (χ1n) is 4.40. The van der Waals surface area contributed by atoms with E-state index in [4.69, 9.17) is 0 Å². The summed E-state index contributed by atoms with van der Waals surface area (Å²) in [6.45, 7) is 2.80. The second-order valence-electron chi connectivity index (χ2n) is 2.92. The number of rotatable bonds is 5. The van der Waals surface area contributed by atoms with Crippen molar-refractivity contribution in [2.24, 2.45) is 0 Å². The number of aromatic amines is 1. The Morgan fingerprint density at radius 3 is 3.14 bits per heavy atom. The van der Waals surface area contributed by atoms with Gasteiger partial charge in [-0.3, -0.25) is 9.89 Å². The number of nitrogens with zero attached hydrogens (tertiary/aromatic N) is 2. The third kappa shape index (κ3) is 3.37. The standard InChI is InChI=1S/C8H14N4OS/c1-6(14-2)3-4-9-8(13)7-10-5-11-12-7/h5-6H,3-4H2,1-2H3,(H,9,13)(H,10,11,12). The van der Waals surface area contributed by atoms with Crippen molar-refractivity contribution in [2.45, 2.75) is 18.6 Å². The zero-order valence-corrected chi connectivity index (χ0v) is 9.10. The highest BCUT2D eigenvalue weighted by molar-refractivity contribution is 7.99. The summed E-state index contributed by atoms with van der Waals surface area (Å²) in [6.07, 6.45) is 4.34. The molecule has 1 atom stereocenters. The molecule has 0 spiro atoms. The molecule has 6 heteroatoms. The van der Waals surface area contributed by atoms with Gasteiger partial charge < -0.3 is 5.32 Å². The number of amides is 1. The fourth-order valence-corrected chi connectivity index (χ4v) is 1.26. The van der Waals surface area contributed by atoms with E-state index in [2.05, 4.69) is 33.7 Å². The Balaban J connectivity index is 2.23. The van der Waals surface area contributed by atoms with Crippen LogP contribution in [0.4, 0.5) is 0 Å². The maximum Gasteiger partial charge on any atom is 0.288 e. The molecule has 1 heterocycles. The van der Waals surface area contributed by atoms with Crippen LogP contribution in [0.2, 0.25) is 0 Å². The minimum absolute atomic E-state index is 0.198. The molecule has 0 aliphatic carbocycles. The van der Waals surface area contributed by atoms with Crippen LogP contribution in [0.15, 0.2) is 6.33 Å². The monoisotopic (exact) mass is 214 g/mol. The van der Waals surface area contributed by atoms with Crippen molar-refractivity contribution in [1.29, 1.82) is 0 Å². The van der Waals surface area contributed by atoms with Gasteiger partial charge in [0.25, 0.3) is 5.91 Å². The molecule has 1 amide bonds. The molecule has 2 N–H and O–H groups in total. The first-order valence-corrected chi connectivity index (χ1v) is 5.69. The number of hydrogen-bond acceptors (Lipinski definition) is 4. The minimum atomic E-state index is -0.198. The summed E-state index contributed by atoms with van der Waals surface area (Å²) in [6, 6.07) is 0. The highest BCUT2D eigenvalue weighted by atomic mass is 32.2. The molecule has 1 rings (SSSR count). The van der Waals surface area contributed by atoms with Gasteiger partial charge in [0.1, 0.15) is 6.33 Å². The van der Waals surface area contributed by atoms with Gasteiger partial charge in [0, 0.05) is 11.8 Å². The van der Waals surface area contributed by atoms with Crippen molar-refractivity contribution in [3.63, 3.8) is 0 Å². The second kappa shape index (κ2) is 5.64. The Hall–Kier alpha value is -1.04. The fraction of sp³-hybridized carbons (Fsp3) is 0.625.